The van der Waals surface area contributed by atoms with Crippen molar-refractivity contribution in [1.82, 2.24) is 4.90 Å². The third-order valence-corrected chi connectivity index (χ3v) is 5.36. The number of hydrogen-bond acceptors (Lipinski definition) is 4. The molecule has 0 aromatic heterocycles. The highest BCUT2D eigenvalue weighted by atomic mass is 19.4. The number of anilines is 1. The van der Waals surface area contributed by atoms with E-state index < -0.39 is 47.1 Å². The molecule has 3 rings (SSSR count). The van der Waals surface area contributed by atoms with E-state index in [1.165, 1.54) is 43.3 Å². The molecular weight excluding hydrogens is 444 g/mol. The van der Waals surface area contributed by atoms with E-state index in [4.69, 9.17) is 4.74 Å². The quantitative estimate of drug-likeness (QED) is 0.528. The van der Waals surface area contributed by atoms with E-state index in [9.17, 15) is 31.9 Å². The first-order valence-corrected chi connectivity index (χ1v) is 10.3. The molecule has 0 saturated carbocycles. The summed E-state index contributed by atoms with van der Waals surface area (Å²) in [4.78, 5) is 38.8. The largest absolute Gasteiger partial charge is 0.452 e. The molecule has 1 saturated heterocycles. The Morgan fingerprint density at radius 1 is 1.03 bits per heavy atom. The van der Waals surface area contributed by atoms with Gasteiger partial charge in [0.2, 0.25) is 0 Å². The summed E-state index contributed by atoms with van der Waals surface area (Å²) in [6.45, 7) is 1.82. The number of hydrogen-bond donors (Lipinski definition) is 1. The van der Waals surface area contributed by atoms with Crippen LogP contribution in [0.15, 0.2) is 48.5 Å². The molecule has 2 aromatic rings. The van der Waals surface area contributed by atoms with E-state index >= 15 is 0 Å². The number of carbonyl (C=O) groups is 3. The SMILES string of the molecule is CC(OC(=O)C1CCN(C(=O)c2ccc(F)cc2)CC1)C(=O)Nc1ccccc1C(F)(F)F. The van der Waals surface area contributed by atoms with Crippen molar-refractivity contribution in [1.29, 1.82) is 0 Å². The number of nitrogens with one attached hydrogen (secondary N) is 1. The minimum atomic E-state index is -4.65. The Kier molecular flexibility index (Phi) is 7.35. The standard InChI is InChI=1S/C23H22F4N2O4/c1-14(20(30)28-19-5-3-2-4-18(19)23(25,26)27)33-22(32)16-10-12-29(13-11-16)21(31)15-6-8-17(24)9-7-15/h2-9,14,16H,10-13H2,1H3,(H,28,30). The lowest BCUT2D eigenvalue weighted by Crippen LogP contribution is -2.41. The van der Waals surface area contributed by atoms with Crippen LogP contribution in [-0.2, 0) is 20.5 Å². The van der Waals surface area contributed by atoms with Gasteiger partial charge in [-0.3, -0.25) is 14.4 Å². The second kappa shape index (κ2) is 10.0. The Morgan fingerprint density at radius 2 is 1.64 bits per heavy atom. The molecule has 1 aliphatic heterocycles. The predicted molar refractivity (Wildman–Crippen MR) is 111 cm³/mol. The highest BCUT2D eigenvalue weighted by Crippen LogP contribution is 2.34. The molecule has 1 atom stereocenters. The number of esters is 1. The Labute approximate surface area is 187 Å². The number of alkyl halides is 3. The third-order valence-electron chi connectivity index (χ3n) is 5.36. The van der Waals surface area contributed by atoms with E-state index in [0.29, 0.717) is 18.4 Å². The monoisotopic (exact) mass is 466 g/mol. The van der Waals surface area contributed by atoms with Gasteiger partial charge in [0.15, 0.2) is 6.10 Å². The van der Waals surface area contributed by atoms with Gasteiger partial charge in [0, 0.05) is 18.7 Å². The molecule has 1 N–H and O–H groups in total. The fourth-order valence-electron chi connectivity index (χ4n) is 3.49. The minimum absolute atomic E-state index is 0.273. The van der Waals surface area contributed by atoms with Crippen molar-refractivity contribution in [3.05, 3.63) is 65.5 Å². The zero-order chi connectivity index (χ0) is 24.2. The number of piperidine rings is 1. The second-order valence-electron chi connectivity index (χ2n) is 7.69. The molecule has 0 radical (unpaired) electrons. The molecule has 1 heterocycles. The maximum absolute atomic E-state index is 13.1. The smallest absolute Gasteiger partial charge is 0.418 e. The zero-order valence-electron chi connectivity index (χ0n) is 17.7. The van der Waals surface area contributed by atoms with Crippen molar-refractivity contribution in [2.75, 3.05) is 18.4 Å². The van der Waals surface area contributed by atoms with Gasteiger partial charge in [-0.1, -0.05) is 12.1 Å². The van der Waals surface area contributed by atoms with Gasteiger partial charge in [-0.2, -0.15) is 13.2 Å². The number of para-hydroxylation sites is 1. The minimum Gasteiger partial charge on any atom is -0.452 e. The molecule has 33 heavy (non-hydrogen) atoms. The lowest BCUT2D eigenvalue weighted by atomic mass is 9.96. The molecule has 176 valence electrons. The highest BCUT2D eigenvalue weighted by Gasteiger charge is 2.35. The van der Waals surface area contributed by atoms with Crippen LogP contribution in [0.25, 0.3) is 0 Å². The van der Waals surface area contributed by atoms with Crippen LogP contribution in [0.3, 0.4) is 0 Å². The summed E-state index contributed by atoms with van der Waals surface area (Å²) in [5, 5.41) is 2.15. The Morgan fingerprint density at radius 3 is 2.24 bits per heavy atom. The first-order chi connectivity index (χ1) is 15.6. The first-order valence-electron chi connectivity index (χ1n) is 10.3. The average Bonchev–Trinajstić information content (AvgIpc) is 2.78. The topological polar surface area (TPSA) is 75.7 Å². The van der Waals surface area contributed by atoms with Crippen molar-refractivity contribution in [3.63, 3.8) is 0 Å². The van der Waals surface area contributed by atoms with E-state index in [1.807, 2.05) is 0 Å². The summed E-state index contributed by atoms with van der Waals surface area (Å²) in [5.41, 5.74) is -1.09. The molecule has 1 fully saturated rings. The summed E-state index contributed by atoms with van der Waals surface area (Å²) >= 11 is 0. The normalized spacial score (nSPS) is 15.6. The van der Waals surface area contributed by atoms with Crippen LogP contribution in [-0.4, -0.2) is 41.9 Å². The maximum atomic E-state index is 13.1. The number of amides is 2. The van der Waals surface area contributed by atoms with E-state index in [-0.39, 0.29) is 19.0 Å². The van der Waals surface area contributed by atoms with Crippen molar-refractivity contribution >= 4 is 23.5 Å². The van der Waals surface area contributed by atoms with Gasteiger partial charge in [-0.05, 0) is 56.2 Å². The van der Waals surface area contributed by atoms with Crippen LogP contribution in [0.4, 0.5) is 23.2 Å². The first kappa shape index (κ1) is 24.2. The molecular formula is C23H22F4N2O4. The molecule has 0 bridgehead atoms. The summed E-state index contributed by atoms with van der Waals surface area (Å²) in [7, 11) is 0. The molecule has 6 nitrogen and oxygen atoms in total. The van der Waals surface area contributed by atoms with Crippen molar-refractivity contribution in [3.8, 4) is 0 Å². The number of rotatable bonds is 5. The van der Waals surface area contributed by atoms with Crippen LogP contribution >= 0.6 is 0 Å². The lowest BCUT2D eigenvalue weighted by Gasteiger charge is -2.31. The van der Waals surface area contributed by atoms with Gasteiger partial charge >= 0.3 is 12.1 Å². The predicted octanol–water partition coefficient (Wildman–Crippen LogP) is 4.27. The average molecular weight is 466 g/mol. The van der Waals surface area contributed by atoms with Crippen LogP contribution in [0, 0.1) is 11.7 Å². The molecule has 0 spiro atoms. The number of benzene rings is 2. The molecule has 2 amide bonds. The van der Waals surface area contributed by atoms with Gasteiger partial charge in [-0.25, -0.2) is 4.39 Å². The number of halogens is 4. The van der Waals surface area contributed by atoms with Crippen molar-refractivity contribution in [2.45, 2.75) is 32.0 Å². The van der Waals surface area contributed by atoms with Gasteiger partial charge in [0.05, 0.1) is 17.2 Å². The van der Waals surface area contributed by atoms with Gasteiger partial charge < -0.3 is 15.0 Å². The van der Waals surface area contributed by atoms with E-state index in [1.54, 1.807) is 4.90 Å². The molecule has 1 unspecified atom stereocenters. The molecule has 10 heteroatoms. The third kappa shape index (κ3) is 6.09. The zero-order valence-corrected chi connectivity index (χ0v) is 17.7. The second-order valence-corrected chi connectivity index (χ2v) is 7.69. The van der Waals surface area contributed by atoms with Crippen LogP contribution in [0.5, 0.6) is 0 Å². The number of carbonyl (C=O) groups excluding carboxylic acids is 3. The van der Waals surface area contributed by atoms with Gasteiger partial charge in [0.25, 0.3) is 11.8 Å². The summed E-state index contributed by atoms with van der Waals surface area (Å²) < 4.78 is 57.5. The van der Waals surface area contributed by atoms with Crippen LogP contribution in [0.1, 0.15) is 35.7 Å². The Bertz CT molecular complexity index is 1020. The number of ether oxygens (including phenoxy) is 1. The van der Waals surface area contributed by atoms with E-state index in [0.717, 1.165) is 12.1 Å². The summed E-state index contributed by atoms with van der Waals surface area (Å²) in [5.74, 6) is -2.83. The Balaban J connectivity index is 1.52. The summed E-state index contributed by atoms with van der Waals surface area (Å²) in [6.07, 6.45) is -5.35. The number of likely N-dealkylation sites (tertiary alicyclic amines) is 1. The maximum Gasteiger partial charge on any atom is 0.418 e. The molecule has 2 aromatic carbocycles. The molecule has 1 aliphatic rings. The summed E-state index contributed by atoms with van der Waals surface area (Å²) in [6, 6.07) is 9.66. The number of nitrogens with zero attached hydrogens (tertiary/aromatic N) is 1. The van der Waals surface area contributed by atoms with Crippen molar-refractivity contribution in [2.24, 2.45) is 5.92 Å². The fourth-order valence-corrected chi connectivity index (χ4v) is 3.49. The van der Waals surface area contributed by atoms with E-state index in [2.05, 4.69) is 5.32 Å². The Hall–Kier alpha value is -3.43. The van der Waals surface area contributed by atoms with Crippen molar-refractivity contribution < 1.29 is 36.7 Å². The van der Waals surface area contributed by atoms with Crippen LogP contribution in [0.2, 0.25) is 0 Å². The fraction of sp³-hybridized carbons (Fsp3) is 0.348. The lowest BCUT2D eigenvalue weighted by molar-refractivity contribution is -0.158. The highest BCUT2D eigenvalue weighted by molar-refractivity contribution is 5.96. The molecule has 0 aliphatic carbocycles. The van der Waals surface area contributed by atoms with Gasteiger partial charge in [-0.15, -0.1) is 0 Å². The van der Waals surface area contributed by atoms with Gasteiger partial charge in [0.1, 0.15) is 5.82 Å². The van der Waals surface area contributed by atoms with Crippen LogP contribution < -0.4 is 5.32 Å².